The molecule has 39 heavy (non-hydrogen) atoms. The van der Waals surface area contributed by atoms with E-state index in [0.29, 0.717) is 0 Å². The molecule has 0 aliphatic heterocycles. The Hall–Kier alpha value is -2.10. The molecule has 0 unspecified atom stereocenters. The minimum absolute atomic E-state index is 0. The zero-order valence-corrected chi connectivity index (χ0v) is 26.8. The van der Waals surface area contributed by atoms with E-state index in [9.17, 15) is 0 Å². The van der Waals surface area contributed by atoms with Crippen molar-refractivity contribution < 1.29 is 14.1 Å². The summed E-state index contributed by atoms with van der Waals surface area (Å²) in [4.78, 5) is 0. The Balaban J connectivity index is -0.000000480. The molecule has 0 fully saturated rings. The maximum Gasteiger partial charge on any atom is 0.0499 e. The van der Waals surface area contributed by atoms with Crippen molar-refractivity contribution in [1.82, 2.24) is 0 Å². The smallest absolute Gasteiger partial charge is 0.0499 e. The second kappa shape index (κ2) is 23.8. The molecule has 9 heteroatoms. The van der Waals surface area contributed by atoms with Gasteiger partial charge < -0.3 is 12.9 Å². The second-order valence-electron chi connectivity index (χ2n) is 8.09. The third-order valence-electron chi connectivity index (χ3n) is 5.85. The lowest BCUT2D eigenvalue weighted by Crippen LogP contribution is -2.10. The van der Waals surface area contributed by atoms with E-state index in [2.05, 4.69) is 135 Å². The molecule has 0 amide bonds. The molecule has 3 rings (SSSR count). The Labute approximate surface area is 251 Å². The number of para-hydroxylation sites is 3. The molecule has 3 aromatic carbocycles. The van der Waals surface area contributed by atoms with Crippen molar-refractivity contribution in [3.8, 4) is 0 Å². The molecular formula is C30H48F3N3S3. The van der Waals surface area contributed by atoms with Gasteiger partial charge in [-0.25, -0.2) is 0 Å². The van der Waals surface area contributed by atoms with Gasteiger partial charge in [0.15, 0.2) is 0 Å². The van der Waals surface area contributed by atoms with Crippen LogP contribution in [0.1, 0.15) is 58.2 Å². The number of rotatable bonds is 9. The quantitative estimate of drug-likeness (QED) is 0.211. The molecule has 0 aromatic heterocycles. The molecule has 0 radical (unpaired) electrons. The van der Waals surface area contributed by atoms with Crippen LogP contribution in [-0.4, -0.2) is 19.6 Å². The number of hydrogen-bond acceptors (Lipinski definition) is 6. The van der Waals surface area contributed by atoms with Crippen LogP contribution < -0.4 is 12.9 Å². The Kier molecular flexibility index (Phi) is 25.2. The predicted molar refractivity (Wildman–Crippen MR) is 181 cm³/mol. The van der Waals surface area contributed by atoms with Gasteiger partial charge in [-0.1, -0.05) is 114 Å². The van der Waals surface area contributed by atoms with Gasteiger partial charge in [-0.2, -0.15) is 0 Å². The van der Waals surface area contributed by atoms with Crippen LogP contribution in [-0.2, 0) is 19.3 Å². The van der Waals surface area contributed by atoms with Gasteiger partial charge >= 0.3 is 0 Å². The molecule has 222 valence electrons. The number of benzene rings is 3. The minimum atomic E-state index is 0. The summed E-state index contributed by atoms with van der Waals surface area (Å²) in [6, 6.07) is 25.1. The van der Waals surface area contributed by atoms with Crippen molar-refractivity contribution in [2.75, 3.05) is 32.5 Å². The van der Waals surface area contributed by atoms with Gasteiger partial charge in [0, 0.05) is 36.7 Å². The van der Waals surface area contributed by atoms with Crippen molar-refractivity contribution >= 4 is 55.5 Å². The summed E-state index contributed by atoms with van der Waals surface area (Å²) in [5.74, 6) is 0. The molecule has 0 saturated carbocycles. The van der Waals surface area contributed by atoms with E-state index in [1.54, 1.807) is 0 Å². The van der Waals surface area contributed by atoms with Gasteiger partial charge in [-0.15, -0.1) is 0 Å². The van der Waals surface area contributed by atoms with Gasteiger partial charge in [-0.05, 0) is 74.9 Å². The second-order valence-corrected chi connectivity index (χ2v) is 9.54. The highest BCUT2D eigenvalue weighted by molar-refractivity contribution is 7.82. The summed E-state index contributed by atoms with van der Waals surface area (Å²) >= 11 is 13.1. The van der Waals surface area contributed by atoms with E-state index in [0.717, 1.165) is 38.9 Å². The van der Waals surface area contributed by atoms with Crippen LogP contribution in [0.5, 0.6) is 0 Å². The van der Waals surface area contributed by atoms with Crippen LogP contribution >= 0.6 is 38.4 Å². The molecule has 3 aromatic rings. The number of aryl methyl sites for hydroxylation is 3. The summed E-state index contributed by atoms with van der Waals surface area (Å²) in [5.41, 5.74) is 7.75. The number of thiol groups is 3. The summed E-state index contributed by atoms with van der Waals surface area (Å²) < 4.78 is 5.91. The van der Waals surface area contributed by atoms with Gasteiger partial charge in [0.25, 0.3) is 0 Å². The summed E-state index contributed by atoms with van der Waals surface area (Å²) in [6.45, 7) is 15.6. The highest BCUT2D eigenvalue weighted by atomic mass is 32.1. The molecule has 0 bridgehead atoms. The van der Waals surface area contributed by atoms with E-state index in [-0.39, 0.29) is 14.1 Å². The SMILES string of the molecule is CCc1ccccc1N(S)CC.CCc1ccccc1N(S)CC.CCc1ccccc1N(S)CC.F.F.F. The number of hydrogen-bond donors (Lipinski definition) is 3. The van der Waals surface area contributed by atoms with Gasteiger partial charge in [0.05, 0.1) is 0 Å². The van der Waals surface area contributed by atoms with E-state index in [4.69, 9.17) is 0 Å². The largest absolute Gasteiger partial charge is 0.319 e. The Morgan fingerprint density at radius 1 is 0.410 bits per heavy atom. The normalized spacial score (nSPS) is 9.15. The van der Waals surface area contributed by atoms with Crippen molar-refractivity contribution in [2.24, 2.45) is 0 Å². The monoisotopic (exact) mass is 603 g/mol. The van der Waals surface area contributed by atoms with Crippen LogP contribution in [0.25, 0.3) is 0 Å². The third-order valence-corrected chi connectivity index (χ3v) is 7.35. The van der Waals surface area contributed by atoms with E-state index >= 15 is 0 Å². The molecule has 0 spiro atoms. The fourth-order valence-corrected chi connectivity index (χ4v) is 4.28. The van der Waals surface area contributed by atoms with Crippen LogP contribution in [0, 0.1) is 0 Å². The molecule has 0 N–H and O–H groups in total. The maximum absolute atomic E-state index is 4.38. The minimum Gasteiger partial charge on any atom is -0.319 e. The molecule has 0 heterocycles. The van der Waals surface area contributed by atoms with Crippen molar-refractivity contribution in [1.29, 1.82) is 0 Å². The Morgan fingerprint density at radius 2 is 0.615 bits per heavy atom. The summed E-state index contributed by atoms with van der Waals surface area (Å²) in [7, 11) is 0. The topological polar surface area (TPSA) is 9.72 Å². The highest BCUT2D eigenvalue weighted by Gasteiger charge is 2.04. The molecule has 0 atom stereocenters. The average molecular weight is 604 g/mol. The van der Waals surface area contributed by atoms with Crippen LogP contribution in [0.4, 0.5) is 31.2 Å². The lowest BCUT2D eigenvalue weighted by molar-refractivity contribution is 1.07. The molecular weight excluding hydrogens is 556 g/mol. The van der Waals surface area contributed by atoms with Crippen molar-refractivity contribution in [3.05, 3.63) is 89.5 Å². The summed E-state index contributed by atoms with van der Waals surface area (Å²) in [5, 5.41) is 0. The third kappa shape index (κ3) is 13.7. The summed E-state index contributed by atoms with van der Waals surface area (Å²) in [6.07, 6.45) is 3.19. The van der Waals surface area contributed by atoms with Gasteiger partial charge in [-0.3, -0.25) is 14.1 Å². The van der Waals surface area contributed by atoms with Crippen molar-refractivity contribution in [2.45, 2.75) is 60.8 Å². The van der Waals surface area contributed by atoms with Crippen LogP contribution in [0.2, 0.25) is 0 Å². The predicted octanol–water partition coefficient (Wildman–Crippen LogP) is 9.22. The first-order chi connectivity index (χ1) is 17.4. The van der Waals surface area contributed by atoms with E-state index < -0.39 is 0 Å². The molecule has 0 aliphatic carbocycles. The molecule has 0 saturated heterocycles. The van der Waals surface area contributed by atoms with E-state index in [1.807, 2.05) is 31.1 Å². The lowest BCUT2D eigenvalue weighted by Gasteiger charge is -2.18. The number of halogens is 3. The van der Waals surface area contributed by atoms with E-state index in [1.165, 1.54) is 33.8 Å². The van der Waals surface area contributed by atoms with Crippen molar-refractivity contribution in [3.63, 3.8) is 0 Å². The Morgan fingerprint density at radius 3 is 0.795 bits per heavy atom. The first-order valence-corrected chi connectivity index (χ1v) is 14.2. The molecule has 3 nitrogen and oxygen atoms in total. The van der Waals surface area contributed by atoms with Crippen LogP contribution in [0.15, 0.2) is 72.8 Å². The lowest BCUT2D eigenvalue weighted by atomic mass is 10.1. The van der Waals surface area contributed by atoms with Gasteiger partial charge in [0.1, 0.15) is 0 Å². The number of anilines is 3. The standard InChI is InChI=1S/3C10H15NS.3FH/c3*1-3-9-7-5-6-8-10(9)11(12)4-2;;;/h3*5-8,12H,3-4H2,1-2H3;3*1H. The zero-order chi connectivity index (χ0) is 26.9. The fourth-order valence-electron chi connectivity index (χ4n) is 3.70. The zero-order valence-electron chi connectivity index (χ0n) is 24.1. The Bertz CT molecular complexity index is 884. The highest BCUT2D eigenvalue weighted by Crippen LogP contribution is 2.23. The maximum atomic E-state index is 4.38. The average Bonchev–Trinajstić information content (AvgIpc) is 2.96. The van der Waals surface area contributed by atoms with Crippen LogP contribution in [0.3, 0.4) is 0 Å². The first-order valence-electron chi connectivity index (χ1n) is 13.0. The fraction of sp³-hybridized carbons (Fsp3) is 0.400. The number of nitrogens with zero attached hydrogens (tertiary/aromatic N) is 3. The van der Waals surface area contributed by atoms with Gasteiger partial charge in [0.2, 0.25) is 0 Å². The first kappa shape index (κ1) is 41.4. The molecule has 0 aliphatic rings.